The lowest BCUT2D eigenvalue weighted by Crippen LogP contribution is -2.30. The van der Waals surface area contributed by atoms with Crippen molar-refractivity contribution in [3.63, 3.8) is 0 Å². The van der Waals surface area contributed by atoms with Crippen molar-refractivity contribution in [2.24, 2.45) is 0 Å². The number of nitrogens with one attached hydrogen (secondary N) is 1. The van der Waals surface area contributed by atoms with Crippen LogP contribution >= 0.6 is 22.7 Å². The molecule has 1 atom stereocenters. The van der Waals surface area contributed by atoms with E-state index in [1.165, 1.54) is 22.7 Å². The molecular weight excluding hydrogens is 360 g/mol. The van der Waals surface area contributed by atoms with E-state index < -0.39 is 12.0 Å². The maximum absolute atomic E-state index is 12.5. The first-order chi connectivity index (χ1) is 11.9. The van der Waals surface area contributed by atoms with Crippen molar-refractivity contribution in [1.29, 1.82) is 0 Å². The third kappa shape index (κ3) is 3.94. The van der Waals surface area contributed by atoms with E-state index >= 15 is 0 Å². The van der Waals surface area contributed by atoms with Gasteiger partial charge in [-0.25, -0.2) is 4.98 Å². The minimum Gasteiger partial charge on any atom is -0.481 e. The number of anilines is 1. The van der Waals surface area contributed by atoms with Crippen molar-refractivity contribution in [1.82, 2.24) is 15.3 Å². The van der Waals surface area contributed by atoms with Gasteiger partial charge < -0.3 is 15.3 Å². The summed E-state index contributed by atoms with van der Waals surface area (Å²) in [6, 6.07) is 6.31. The van der Waals surface area contributed by atoms with Gasteiger partial charge in [-0.1, -0.05) is 17.4 Å². The molecule has 0 aliphatic rings. The number of carbonyl (C=O) groups is 2. The number of carboxylic acids is 1. The van der Waals surface area contributed by atoms with Crippen LogP contribution in [-0.2, 0) is 4.79 Å². The standard InChI is InChI=1S/C16H16N4O3S2/c1-20(2)16-19-15-12(25-16)8-11(24-15)14(23)18-10(7-13(21)22)9-5-3-4-6-17-9/h3-6,8,10H,7H2,1-2H3,(H,18,23)(H,21,22). The number of pyridine rings is 1. The quantitative estimate of drug-likeness (QED) is 0.687. The van der Waals surface area contributed by atoms with E-state index in [4.69, 9.17) is 5.11 Å². The number of aliphatic carboxylic acids is 1. The van der Waals surface area contributed by atoms with E-state index in [1.54, 1.807) is 30.5 Å². The molecule has 9 heteroatoms. The molecule has 0 bridgehead atoms. The van der Waals surface area contributed by atoms with Gasteiger partial charge >= 0.3 is 5.97 Å². The number of carboxylic acid groups (broad SMARTS) is 1. The van der Waals surface area contributed by atoms with Crippen molar-refractivity contribution in [3.8, 4) is 0 Å². The van der Waals surface area contributed by atoms with Gasteiger partial charge in [-0.15, -0.1) is 11.3 Å². The zero-order chi connectivity index (χ0) is 18.0. The second-order valence-corrected chi connectivity index (χ2v) is 7.59. The number of aromatic nitrogens is 2. The van der Waals surface area contributed by atoms with Crippen LogP contribution in [0.25, 0.3) is 9.53 Å². The average molecular weight is 376 g/mol. The van der Waals surface area contributed by atoms with Gasteiger partial charge in [0.25, 0.3) is 5.91 Å². The van der Waals surface area contributed by atoms with E-state index in [0.717, 1.165) is 14.7 Å². The number of hydrogen-bond donors (Lipinski definition) is 2. The Morgan fingerprint density at radius 1 is 1.32 bits per heavy atom. The van der Waals surface area contributed by atoms with Gasteiger partial charge in [-0.3, -0.25) is 14.6 Å². The SMILES string of the molecule is CN(C)c1nc2sc(C(=O)NC(CC(=O)O)c3ccccn3)cc2s1. The molecule has 3 rings (SSSR count). The molecule has 0 aromatic carbocycles. The molecule has 0 spiro atoms. The summed E-state index contributed by atoms with van der Waals surface area (Å²) in [6.07, 6.45) is 1.34. The summed E-state index contributed by atoms with van der Waals surface area (Å²) in [6.45, 7) is 0. The highest BCUT2D eigenvalue weighted by Gasteiger charge is 2.22. The Kier molecular flexibility index (Phi) is 4.95. The van der Waals surface area contributed by atoms with Crippen LogP contribution in [-0.4, -0.2) is 41.0 Å². The maximum atomic E-state index is 12.5. The van der Waals surface area contributed by atoms with Crippen LogP contribution in [0, 0.1) is 0 Å². The van der Waals surface area contributed by atoms with Crippen molar-refractivity contribution >= 4 is 49.2 Å². The van der Waals surface area contributed by atoms with Crippen LogP contribution in [0.5, 0.6) is 0 Å². The Labute approximate surface area is 152 Å². The summed E-state index contributed by atoms with van der Waals surface area (Å²) in [7, 11) is 3.83. The van der Waals surface area contributed by atoms with Crippen LogP contribution in [0.4, 0.5) is 5.13 Å². The fraction of sp³-hybridized carbons (Fsp3) is 0.250. The summed E-state index contributed by atoms with van der Waals surface area (Å²) in [5.41, 5.74) is 0.518. The highest BCUT2D eigenvalue weighted by atomic mass is 32.1. The monoisotopic (exact) mass is 376 g/mol. The van der Waals surface area contributed by atoms with E-state index in [1.807, 2.05) is 19.0 Å². The van der Waals surface area contributed by atoms with Gasteiger partial charge in [-0.2, -0.15) is 0 Å². The average Bonchev–Trinajstić information content (AvgIpc) is 3.13. The Hall–Kier alpha value is -2.52. The molecule has 0 aliphatic carbocycles. The second-order valence-electron chi connectivity index (χ2n) is 5.55. The molecular formula is C16H16N4O3S2. The molecule has 3 aromatic heterocycles. The smallest absolute Gasteiger partial charge is 0.305 e. The van der Waals surface area contributed by atoms with Gasteiger partial charge in [0.1, 0.15) is 4.83 Å². The number of hydrogen-bond acceptors (Lipinski definition) is 7. The van der Waals surface area contributed by atoms with Gasteiger partial charge in [0, 0.05) is 20.3 Å². The largest absolute Gasteiger partial charge is 0.481 e. The van der Waals surface area contributed by atoms with Crippen molar-refractivity contribution < 1.29 is 14.7 Å². The molecule has 3 aromatic rings. The predicted molar refractivity (Wildman–Crippen MR) is 98.5 cm³/mol. The topological polar surface area (TPSA) is 95.4 Å². The van der Waals surface area contributed by atoms with E-state index in [-0.39, 0.29) is 12.3 Å². The summed E-state index contributed by atoms with van der Waals surface area (Å²) < 4.78 is 0.937. The van der Waals surface area contributed by atoms with Crippen LogP contribution in [0.1, 0.15) is 27.8 Å². The summed E-state index contributed by atoms with van der Waals surface area (Å²) in [5.74, 6) is -1.32. The molecule has 2 N–H and O–H groups in total. The molecule has 7 nitrogen and oxygen atoms in total. The van der Waals surface area contributed by atoms with Gasteiger partial charge in [-0.05, 0) is 18.2 Å². The number of fused-ring (bicyclic) bond motifs is 1. The molecule has 1 unspecified atom stereocenters. The van der Waals surface area contributed by atoms with Gasteiger partial charge in [0.05, 0.1) is 27.7 Å². The van der Waals surface area contributed by atoms with E-state index in [0.29, 0.717) is 10.6 Å². The molecule has 0 radical (unpaired) electrons. The second kappa shape index (κ2) is 7.16. The molecule has 3 heterocycles. The molecule has 25 heavy (non-hydrogen) atoms. The van der Waals surface area contributed by atoms with Gasteiger partial charge in [0.15, 0.2) is 5.13 Å². The lowest BCUT2D eigenvalue weighted by atomic mass is 10.1. The fourth-order valence-electron chi connectivity index (χ4n) is 2.24. The Morgan fingerprint density at radius 3 is 2.72 bits per heavy atom. The van der Waals surface area contributed by atoms with Crippen molar-refractivity contribution in [3.05, 3.63) is 41.0 Å². The van der Waals surface area contributed by atoms with Gasteiger partial charge in [0.2, 0.25) is 0 Å². The zero-order valence-corrected chi connectivity index (χ0v) is 15.2. The van der Waals surface area contributed by atoms with Crippen LogP contribution < -0.4 is 10.2 Å². The third-order valence-electron chi connectivity index (χ3n) is 3.41. The number of thiophene rings is 1. The maximum Gasteiger partial charge on any atom is 0.305 e. The number of thiazole rings is 1. The highest BCUT2D eigenvalue weighted by molar-refractivity contribution is 7.29. The number of amides is 1. The van der Waals surface area contributed by atoms with Crippen molar-refractivity contribution in [2.75, 3.05) is 19.0 Å². The molecule has 130 valence electrons. The van der Waals surface area contributed by atoms with Crippen LogP contribution in [0.15, 0.2) is 30.5 Å². The lowest BCUT2D eigenvalue weighted by Gasteiger charge is -2.15. The highest BCUT2D eigenvalue weighted by Crippen LogP contribution is 2.34. The molecule has 0 fully saturated rings. The fourth-order valence-corrected chi connectivity index (χ4v) is 4.28. The van der Waals surface area contributed by atoms with Crippen molar-refractivity contribution in [2.45, 2.75) is 12.5 Å². The van der Waals surface area contributed by atoms with E-state index in [2.05, 4.69) is 15.3 Å². The summed E-state index contributed by atoms with van der Waals surface area (Å²) >= 11 is 2.80. The Bertz CT molecular complexity index is 873. The zero-order valence-electron chi connectivity index (χ0n) is 13.6. The first-order valence-electron chi connectivity index (χ1n) is 7.45. The van der Waals surface area contributed by atoms with E-state index in [9.17, 15) is 9.59 Å². The first-order valence-corrected chi connectivity index (χ1v) is 9.08. The Morgan fingerprint density at radius 2 is 2.12 bits per heavy atom. The predicted octanol–water partition coefficient (Wildman–Crippen LogP) is 2.76. The van der Waals surface area contributed by atoms with Crippen LogP contribution in [0.3, 0.4) is 0 Å². The molecule has 1 amide bonds. The number of rotatable bonds is 6. The molecule has 0 saturated heterocycles. The first kappa shape index (κ1) is 17.3. The minimum atomic E-state index is -1.000. The normalized spacial score (nSPS) is 12.1. The third-order valence-corrected chi connectivity index (χ3v) is 5.74. The summed E-state index contributed by atoms with van der Waals surface area (Å²) in [5, 5.41) is 12.7. The lowest BCUT2D eigenvalue weighted by molar-refractivity contribution is -0.137. The van der Waals surface area contributed by atoms with Crippen LogP contribution in [0.2, 0.25) is 0 Å². The minimum absolute atomic E-state index is 0.231. The number of carbonyl (C=O) groups excluding carboxylic acids is 1. The number of nitrogens with zero attached hydrogens (tertiary/aromatic N) is 3. The molecule has 0 saturated carbocycles. The molecule has 0 aliphatic heterocycles. The summed E-state index contributed by atoms with van der Waals surface area (Å²) in [4.78, 5) is 35.5. The Balaban J connectivity index is 1.81.